The van der Waals surface area contributed by atoms with Crippen LogP contribution in [-0.2, 0) is 18.4 Å². The summed E-state index contributed by atoms with van der Waals surface area (Å²) in [6.07, 6.45) is 0.960. The van der Waals surface area contributed by atoms with E-state index >= 15 is 0 Å². The van der Waals surface area contributed by atoms with Gasteiger partial charge in [-0.1, -0.05) is 13.5 Å². The van der Waals surface area contributed by atoms with Crippen LogP contribution in [0.5, 0.6) is 0 Å². The first-order valence-electron chi connectivity index (χ1n) is 5.63. The smallest absolute Gasteiger partial charge is 0.330 e. The average Bonchev–Trinajstić information content (AvgIpc) is 2.27. The molecule has 0 aromatic carbocycles. The molecule has 0 aliphatic heterocycles. The lowest BCUT2D eigenvalue weighted by molar-refractivity contribution is -0.142. The molecule has 0 bridgehead atoms. The van der Waals surface area contributed by atoms with Crippen LogP contribution in [0.25, 0.3) is 0 Å². The molecule has 0 saturated carbocycles. The molecule has 16 heavy (non-hydrogen) atoms. The van der Waals surface area contributed by atoms with Crippen molar-refractivity contribution in [3.63, 3.8) is 0 Å². The minimum atomic E-state index is -1.77. The third kappa shape index (κ3) is 5.44. The molecule has 2 unspecified atom stereocenters. The molecule has 0 aliphatic carbocycles. The quantitative estimate of drug-likeness (QED) is 0.372. The van der Waals surface area contributed by atoms with Crippen molar-refractivity contribution in [1.82, 2.24) is 0 Å². The average molecular weight is 246 g/mol. The van der Waals surface area contributed by atoms with Gasteiger partial charge in [-0.05, 0) is 20.8 Å². The van der Waals surface area contributed by atoms with E-state index < -0.39 is 15.3 Å². The molecule has 0 heterocycles. The highest BCUT2D eigenvalue weighted by atomic mass is 28.3. The van der Waals surface area contributed by atoms with Crippen LogP contribution in [0.4, 0.5) is 0 Å². The van der Waals surface area contributed by atoms with E-state index in [0.717, 1.165) is 0 Å². The van der Waals surface area contributed by atoms with Gasteiger partial charge in [0.05, 0.1) is 0 Å². The van der Waals surface area contributed by atoms with Gasteiger partial charge in [0.25, 0.3) is 0 Å². The van der Waals surface area contributed by atoms with Gasteiger partial charge in [-0.3, -0.25) is 0 Å². The Balaban J connectivity index is 4.28. The zero-order valence-electron chi connectivity index (χ0n) is 10.6. The van der Waals surface area contributed by atoms with Crippen molar-refractivity contribution in [3.05, 3.63) is 12.7 Å². The molecule has 5 heteroatoms. The second-order valence-corrected chi connectivity index (χ2v) is 5.94. The molecule has 0 fully saturated rings. The molecule has 0 aromatic heterocycles. The zero-order chi connectivity index (χ0) is 12.6. The predicted molar refractivity (Wildman–Crippen MR) is 65.6 cm³/mol. The maximum absolute atomic E-state index is 11.1. The maximum Gasteiger partial charge on any atom is 0.330 e. The highest BCUT2D eigenvalue weighted by Crippen LogP contribution is 2.19. The molecule has 0 amide bonds. The number of hydrogen-bond acceptors (Lipinski definition) is 4. The van der Waals surface area contributed by atoms with Gasteiger partial charge in [-0.15, -0.1) is 0 Å². The Labute approximate surface area is 99.4 Å². The Morgan fingerprint density at radius 1 is 1.31 bits per heavy atom. The predicted octanol–water partition coefficient (Wildman–Crippen LogP) is 1.79. The first kappa shape index (κ1) is 15.3. The summed E-state index contributed by atoms with van der Waals surface area (Å²) in [7, 11) is -1.77. The number of esters is 1. The Hall–Kier alpha value is -0.653. The van der Waals surface area contributed by atoms with Crippen LogP contribution >= 0.6 is 0 Å². The molecule has 0 spiro atoms. The van der Waals surface area contributed by atoms with Crippen molar-refractivity contribution in [1.29, 1.82) is 0 Å². The van der Waals surface area contributed by atoms with E-state index in [4.69, 9.17) is 13.6 Å². The summed E-state index contributed by atoms with van der Waals surface area (Å²) in [5, 5.41) is 0. The topological polar surface area (TPSA) is 44.8 Å². The number of ether oxygens (including phenoxy) is 1. The van der Waals surface area contributed by atoms with Crippen molar-refractivity contribution in [3.8, 4) is 0 Å². The third-order valence-corrected chi connectivity index (χ3v) is 5.02. The lowest BCUT2D eigenvalue weighted by Gasteiger charge is -2.26. The Morgan fingerprint density at radius 2 is 1.81 bits per heavy atom. The fourth-order valence-corrected chi connectivity index (χ4v) is 3.12. The third-order valence-electron chi connectivity index (χ3n) is 2.30. The fourth-order valence-electron chi connectivity index (χ4n) is 1.24. The minimum Gasteiger partial charge on any atom is -0.459 e. The summed E-state index contributed by atoms with van der Waals surface area (Å²) in [5.41, 5.74) is 0.115. The molecule has 0 radical (unpaired) electrons. The van der Waals surface area contributed by atoms with E-state index in [2.05, 4.69) is 6.58 Å². The largest absolute Gasteiger partial charge is 0.459 e. The second kappa shape index (κ2) is 8.49. The number of hydrogen-bond donors (Lipinski definition) is 0. The zero-order valence-corrected chi connectivity index (χ0v) is 11.7. The lowest BCUT2D eigenvalue weighted by Crippen LogP contribution is -2.35. The number of carbonyl (C=O) groups is 1. The Morgan fingerprint density at radius 3 is 2.19 bits per heavy atom. The maximum atomic E-state index is 11.1. The van der Waals surface area contributed by atoms with Crippen LogP contribution in [0.2, 0.25) is 5.54 Å². The monoisotopic (exact) mass is 246 g/mol. The standard InChI is InChI=1S/C11H22O4Si/c1-6-11(12)15-9(4)10(5)16(13-7-2)14-8-3/h6,9-10,16H,1,7-8H2,2-5H3. The number of rotatable bonds is 8. The summed E-state index contributed by atoms with van der Waals surface area (Å²) in [5.74, 6) is -0.403. The van der Waals surface area contributed by atoms with Crippen LogP contribution in [0, 0.1) is 0 Å². The van der Waals surface area contributed by atoms with Crippen LogP contribution < -0.4 is 0 Å². The van der Waals surface area contributed by atoms with Gasteiger partial charge >= 0.3 is 15.3 Å². The SMILES string of the molecule is C=CC(=O)OC(C)C(C)[SiH](OCC)OCC. The van der Waals surface area contributed by atoms with Gasteiger partial charge in [-0.25, -0.2) is 4.79 Å². The first-order chi connectivity index (χ1) is 7.56. The Bertz CT molecular complexity index is 214. The molecule has 0 aromatic rings. The molecule has 94 valence electrons. The van der Waals surface area contributed by atoms with Crippen LogP contribution in [0.15, 0.2) is 12.7 Å². The second-order valence-electron chi connectivity index (χ2n) is 3.48. The summed E-state index contributed by atoms with van der Waals surface area (Å²) < 4.78 is 16.3. The van der Waals surface area contributed by atoms with Gasteiger partial charge in [0.1, 0.15) is 6.10 Å². The molecule has 0 aliphatic rings. The van der Waals surface area contributed by atoms with Gasteiger partial charge in [-0.2, -0.15) is 0 Å². The Kier molecular flexibility index (Phi) is 8.15. The van der Waals surface area contributed by atoms with E-state index in [1.54, 1.807) is 0 Å². The minimum absolute atomic E-state index is 0.115. The molecular formula is C11H22O4Si. The van der Waals surface area contributed by atoms with E-state index in [1.165, 1.54) is 6.08 Å². The summed E-state index contributed by atoms with van der Waals surface area (Å²) in [6.45, 7) is 12.3. The summed E-state index contributed by atoms with van der Waals surface area (Å²) in [4.78, 5) is 11.1. The van der Waals surface area contributed by atoms with Crippen molar-refractivity contribution in [2.75, 3.05) is 13.2 Å². The molecule has 0 saturated heterocycles. The molecule has 2 atom stereocenters. The van der Waals surface area contributed by atoms with E-state index in [9.17, 15) is 4.79 Å². The van der Waals surface area contributed by atoms with Gasteiger partial charge in [0.2, 0.25) is 0 Å². The van der Waals surface area contributed by atoms with E-state index in [0.29, 0.717) is 13.2 Å². The van der Waals surface area contributed by atoms with Crippen LogP contribution in [-0.4, -0.2) is 34.6 Å². The first-order valence-corrected chi connectivity index (χ1v) is 7.23. The normalized spacial score (nSPS) is 14.6. The molecular weight excluding hydrogens is 224 g/mol. The van der Waals surface area contributed by atoms with Gasteiger partial charge in [0, 0.05) is 24.8 Å². The summed E-state index contributed by atoms with van der Waals surface area (Å²) in [6, 6.07) is 0. The van der Waals surface area contributed by atoms with Crippen molar-refractivity contribution < 1.29 is 18.4 Å². The molecule has 4 nitrogen and oxygen atoms in total. The van der Waals surface area contributed by atoms with Gasteiger partial charge < -0.3 is 13.6 Å². The molecule has 0 rings (SSSR count). The highest BCUT2D eigenvalue weighted by molar-refractivity contribution is 6.46. The van der Waals surface area contributed by atoms with Gasteiger partial charge in [0.15, 0.2) is 0 Å². The lowest BCUT2D eigenvalue weighted by atomic mass is 10.3. The fraction of sp³-hybridized carbons (Fsp3) is 0.727. The number of carbonyl (C=O) groups excluding carboxylic acids is 1. The van der Waals surface area contributed by atoms with Crippen molar-refractivity contribution in [2.24, 2.45) is 0 Å². The van der Waals surface area contributed by atoms with Crippen LogP contribution in [0.3, 0.4) is 0 Å². The van der Waals surface area contributed by atoms with E-state index in [1.807, 2.05) is 27.7 Å². The summed E-state index contributed by atoms with van der Waals surface area (Å²) >= 11 is 0. The van der Waals surface area contributed by atoms with Crippen LogP contribution in [0.1, 0.15) is 27.7 Å². The van der Waals surface area contributed by atoms with E-state index in [-0.39, 0.29) is 11.6 Å². The molecule has 0 N–H and O–H groups in total. The van der Waals surface area contributed by atoms with Crippen molar-refractivity contribution in [2.45, 2.75) is 39.3 Å². The highest BCUT2D eigenvalue weighted by Gasteiger charge is 2.28. The van der Waals surface area contributed by atoms with Crippen molar-refractivity contribution >= 4 is 15.3 Å².